The molecule has 16 nitrogen and oxygen atoms in total. The summed E-state index contributed by atoms with van der Waals surface area (Å²) in [5.74, 6) is -2.15. The number of anilines is 4. The van der Waals surface area contributed by atoms with Gasteiger partial charge in [-0.2, -0.15) is 26.3 Å². The molecule has 0 aliphatic carbocycles. The van der Waals surface area contributed by atoms with E-state index in [0.717, 1.165) is 6.07 Å². The molecule has 22 heteroatoms. The number of benzene rings is 2. The van der Waals surface area contributed by atoms with Crippen LogP contribution in [0.1, 0.15) is 68.1 Å². The number of carbonyl (C=O) groups is 3. The summed E-state index contributed by atoms with van der Waals surface area (Å²) < 4.78 is 91.8. The van der Waals surface area contributed by atoms with Gasteiger partial charge in [0, 0.05) is 43.9 Å². The van der Waals surface area contributed by atoms with E-state index in [9.17, 15) is 40.7 Å². The monoisotopic (exact) mass is 828 g/mol. The van der Waals surface area contributed by atoms with E-state index >= 15 is 0 Å². The number of ether oxygens (including phenoxy) is 1. The Morgan fingerprint density at radius 3 is 1.64 bits per heavy atom. The molecule has 2 aromatic rings. The van der Waals surface area contributed by atoms with Crippen molar-refractivity contribution in [1.82, 2.24) is 21.3 Å². The molecule has 2 aromatic carbocycles. The van der Waals surface area contributed by atoms with Crippen LogP contribution in [-0.4, -0.2) is 75.1 Å². The summed E-state index contributed by atoms with van der Waals surface area (Å²) in [6.45, 7) is 2.56. The Morgan fingerprint density at radius 2 is 1.16 bits per heavy atom. The van der Waals surface area contributed by atoms with Crippen molar-refractivity contribution in [3.63, 3.8) is 0 Å². The van der Waals surface area contributed by atoms with Crippen LogP contribution in [0.2, 0.25) is 0 Å². The summed E-state index contributed by atoms with van der Waals surface area (Å²) >= 11 is 0. The Labute approximate surface area is 330 Å². The number of hydrogen-bond acceptors (Lipinski definition) is 8. The summed E-state index contributed by atoms with van der Waals surface area (Å²) in [4.78, 5) is 39.7. The van der Waals surface area contributed by atoms with Gasteiger partial charge in [0.2, 0.25) is 11.8 Å². The number of amides is 4. The van der Waals surface area contributed by atoms with Crippen LogP contribution in [-0.2, 0) is 28.4 Å². The number of urea groups is 1. The number of hydrogen-bond donors (Lipinski definition) is 12. The molecule has 2 atom stereocenters. The Morgan fingerprint density at radius 1 is 0.690 bits per heavy atom. The molecule has 14 N–H and O–H groups in total. The van der Waals surface area contributed by atoms with Gasteiger partial charge in [0.1, 0.15) is 6.10 Å². The van der Waals surface area contributed by atoms with Gasteiger partial charge in [0.25, 0.3) is 0 Å². The molecule has 2 unspecified atom stereocenters. The number of nitrogens with one attached hydrogen (secondary N) is 10. The van der Waals surface area contributed by atoms with Gasteiger partial charge in [-0.15, -0.1) is 0 Å². The molecule has 2 aliphatic rings. The smallest absolute Gasteiger partial charge is 0.416 e. The first-order valence-corrected chi connectivity index (χ1v) is 18.8. The number of rotatable bonds is 18. The average molecular weight is 829 g/mol. The number of guanidine groups is 2. The molecular weight excluding hydrogens is 778 g/mol. The zero-order valence-corrected chi connectivity index (χ0v) is 31.6. The van der Waals surface area contributed by atoms with Crippen LogP contribution in [0.4, 0.5) is 53.9 Å². The summed E-state index contributed by atoms with van der Waals surface area (Å²) in [5, 5.41) is 35.6. The molecular formula is C36H50F6N12O4. The predicted octanol–water partition coefficient (Wildman–Crippen LogP) is 4.44. The minimum Gasteiger partial charge on any atom is -0.485 e. The van der Waals surface area contributed by atoms with E-state index < -0.39 is 53.1 Å². The van der Waals surface area contributed by atoms with Crippen molar-refractivity contribution in [3.05, 3.63) is 41.0 Å². The first kappa shape index (κ1) is 45.2. The van der Waals surface area contributed by atoms with E-state index in [-0.39, 0.29) is 65.5 Å². The zero-order valence-electron chi connectivity index (χ0n) is 31.6. The van der Waals surface area contributed by atoms with Gasteiger partial charge in [-0.25, -0.2) is 4.79 Å². The molecule has 2 saturated heterocycles. The highest BCUT2D eigenvalue weighted by Crippen LogP contribution is 2.43. The maximum atomic E-state index is 14.3. The average Bonchev–Trinajstić information content (AvgIpc) is 3.84. The third-order valence-corrected chi connectivity index (χ3v) is 9.28. The second kappa shape index (κ2) is 20.8. The lowest BCUT2D eigenvalue weighted by molar-refractivity contribution is -0.138. The second-order valence-corrected chi connectivity index (χ2v) is 14.0. The SMILES string of the molecule is N=C(N)NCCCCC(=O)Nc1cc(C(F)(F)F)cc(NC(=O)Nc2cc(C(F)(F)F)cc(NC(=O)CCCCNC(=N)N)c2OC2CCNC2)c1CC1CCNC1. The fourth-order valence-corrected chi connectivity index (χ4v) is 6.43. The second-order valence-electron chi connectivity index (χ2n) is 14.0. The molecule has 0 spiro atoms. The minimum atomic E-state index is -4.96. The summed E-state index contributed by atoms with van der Waals surface area (Å²) in [6, 6.07) is 1.54. The Hall–Kier alpha value is -5.51. The standard InChI is InChI=1S/C36H50F6N12O4/c37-35(38,39)21-14-25(51-29(55)5-1-3-9-49-32(43)44)24(13-20-7-11-47-18-20)26(15-21)53-34(57)54-28-17-22(36(40,41)42)16-27(31(28)58-23-8-12-48-19-23)52-30(56)6-2-4-10-50-33(45)46/h14-17,20,23,47-48H,1-13,18-19H2,(H,51,55)(H,52,56)(H4,43,44,49)(H4,45,46,50)(H2,53,54,57). The van der Waals surface area contributed by atoms with E-state index in [2.05, 4.69) is 42.5 Å². The number of halogens is 6. The predicted molar refractivity (Wildman–Crippen MR) is 207 cm³/mol. The van der Waals surface area contributed by atoms with Gasteiger partial charge in [-0.3, -0.25) is 20.4 Å². The van der Waals surface area contributed by atoms with Gasteiger partial charge in [0.05, 0.1) is 22.5 Å². The molecule has 4 amide bonds. The Kier molecular flexibility index (Phi) is 16.2. The highest BCUT2D eigenvalue weighted by Gasteiger charge is 2.35. The van der Waals surface area contributed by atoms with Gasteiger partial charge in [-0.1, -0.05) is 0 Å². The normalized spacial score (nSPS) is 16.7. The lowest BCUT2D eigenvalue weighted by Gasteiger charge is -2.23. The van der Waals surface area contributed by atoms with Crippen molar-refractivity contribution in [1.29, 1.82) is 10.8 Å². The molecule has 0 radical (unpaired) electrons. The van der Waals surface area contributed by atoms with Crippen molar-refractivity contribution < 1.29 is 45.5 Å². The van der Waals surface area contributed by atoms with Crippen LogP contribution in [0.25, 0.3) is 0 Å². The van der Waals surface area contributed by atoms with Crippen molar-refractivity contribution in [2.24, 2.45) is 17.4 Å². The lowest BCUT2D eigenvalue weighted by Crippen LogP contribution is -2.31. The van der Waals surface area contributed by atoms with E-state index in [0.29, 0.717) is 96.0 Å². The van der Waals surface area contributed by atoms with Crippen molar-refractivity contribution in [2.75, 3.05) is 60.5 Å². The molecule has 2 heterocycles. The van der Waals surface area contributed by atoms with Gasteiger partial charge in [0.15, 0.2) is 17.7 Å². The molecule has 2 fully saturated rings. The number of unbranched alkanes of at least 4 members (excludes halogenated alkanes) is 2. The topological polar surface area (TPSA) is 256 Å². The van der Waals surface area contributed by atoms with E-state index in [1.807, 2.05) is 0 Å². The van der Waals surface area contributed by atoms with E-state index in [4.69, 9.17) is 27.0 Å². The first-order valence-electron chi connectivity index (χ1n) is 18.8. The lowest BCUT2D eigenvalue weighted by atomic mass is 9.94. The zero-order chi connectivity index (χ0) is 42.5. The van der Waals surface area contributed by atoms with E-state index in [1.54, 1.807) is 0 Å². The van der Waals surface area contributed by atoms with Crippen LogP contribution in [0.3, 0.4) is 0 Å². The Bertz CT molecular complexity index is 1650. The third kappa shape index (κ3) is 14.5. The van der Waals surface area contributed by atoms with Gasteiger partial charge in [-0.05, 0) is 100 Å². The summed E-state index contributed by atoms with van der Waals surface area (Å²) in [7, 11) is 0. The summed E-state index contributed by atoms with van der Waals surface area (Å²) in [6.07, 6.45) is -7.96. The van der Waals surface area contributed by atoms with Crippen LogP contribution in [0.15, 0.2) is 24.3 Å². The highest BCUT2D eigenvalue weighted by molar-refractivity contribution is 6.04. The maximum absolute atomic E-state index is 14.3. The molecule has 0 bridgehead atoms. The number of nitrogens with two attached hydrogens (primary N) is 2. The van der Waals surface area contributed by atoms with Crippen LogP contribution in [0, 0.1) is 16.7 Å². The molecule has 58 heavy (non-hydrogen) atoms. The van der Waals surface area contributed by atoms with Crippen LogP contribution in [0.5, 0.6) is 5.75 Å². The number of carbonyl (C=O) groups excluding carboxylic acids is 3. The molecule has 0 aromatic heterocycles. The summed E-state index contributed by atoms with van der Waals surface area (Å²) in [5.41, 5.74) is 6.81. The third-order valence-electron chi connectivity index (χ3n) is 9.28. The van der Waals surface area contributed by atoms with Crippen LogP contribution < -0.4 is 58.7 Å². The van der Waals surface area contributed by atoms with Crippen molar-refractivity contribution in [3.8, 4) is 5.75 Å². The Balaban J connectivity index is 1.68. The number of alkyl halides is 6. The fraction of sp³-hybridized carbons (Fsp3) is 0.528. The molecule has 320 valence electrons. The largest absolute Gasteiger partial charge is 0.485 e. The quantitative estimate of drug-likeness (QED) is 0.0435. The fourth-order valence-electron chi connectivity index (χ4n) is 6.43. The molecule has 2 aliphatic heterocycles. The van der Waals surface area contributed by atoms with Gasteiger partial charge >= 0.3 is 18.4 Å². The maximum Gasteiger partial charge on any atom is 0.416 e. The highest BCUT2D eigenvalue weighted by atomic mass is 19.4. The molecule has 4 rings (SSSR count). The van der Waals surface area contributed by atoms with Crippen molar-refractivity contribution >= 4 is 52.5 Å². The van der Waals surface area contributed by atoms with Gasteiger partial charge < -0.3 is 58.7 Å². The van der Waals surface area contributed by atoms with Crippen LogP contribution >= 0.6 is 0 Å². The minimum absolute atomic E-state index is 0.0751. The molecule has 0 saturated carbocycles. The van der Waals surface area contributed by atoms with Crippen molar-refractivity contribution in [2.45, 2.75) is 76.2 Å². The first-order chi connectivity index (χ1) is 27.4. The van der Waals surface area contributed by atoms with E-state index in [1.165, 1.54) is 0 Å².